The minimum Gasteiger partial charge on any atom is -0.508 e. The molecule has 2 aromatic rings. The maximum Gasteiger partial charge on any atom is 0.305 e. The summed E-state index contributed by atoms with van der Waals surface area (Å²) in [6, 6.07) is 4.27. The average Bonchev–Trinajstić information content (AvgIpc) is 2.56. The zero-order valence-corrected chi connectivity index (χ0v) is 14.0. The van der Waals surface area contributed by atoms with Crippen LogP contribution in [0.1, 0.15) is 37.9 Å². The van der Waals surface area contributed by atoms with Crippen molar-refractivity contribution in [1.82, 2.24) is 0 Å². The van der Waals surface area contributed by atoms with Crippen LogP contribution in [-0.2, 0) is 16.0 Å². The molecule has 0 saturated heterocycles. The van der Waals surface area contributed by atoms with Crippen molar-refractivity contribution in [3.63, 3.8) is 0 Å². The van der Waals surface area contributed by atoms with Gasteiger partial charge in [-0.2, -0.15) is 0 Å². The smallest absolute Gasteiger partial charge is 0.305 e. The van der Waals surface area contributed by atoms with Crippen molar-refractivity contribution < 1.29 is 23.8 Å². The van der Waals surface area contributed by atoms with Crippen molar-refractivity contribution in [2.75, 3.05) is 14.2 Å². The molecule has 1 aromatic carbocycles. The molecule has 0 amide bonds. The molecule has 1 aromatic heterocycles. The van der Waals surface area contributed by atoms with Crippen LogP contribution in [0.15, 0.2) is 27.4 Å². The van der Waals surface area contributed by atoms with Gasteiger partial charge < -0.3 is 19.0 Å². The molecule has 1 heterocycles. The lowest BCUT2D eigenvalue weighted by molar-refractivity contribution is -0.140. The highest BCUT2D eigenvalue weighted by atomic mass is 16.5. The van der Waals surface area contributed by atoms with Crippen molar-refractivity contribution in [2.24, 2.45) is 0 Å². The number of carbonyl (C=O) groups is 1. The van der Waals surface area contributed by atoms with Crippen LogP contribution >= 0.6 is 0 Å². The van der Waals surface area contributed by atoms with Crippen molar-refractivity contribution in [1.29, 1.82) is 0 Å². The summed E-state index contributed by atoms with van der Waals surface area (Å²) >= 11 is 0. The Kier molecular flexibility index (Phi) is 6.23. The number of rotatable bonds is 8. The van der Waals surface area contributed by atoms with E-state index >= 15 is 0 Å². The van der Waals surface area contributed by atoms with Crippen LogP contribution in [0.2, 0.25) is 0 Å². The third-order valence-electron chi connectivity index (χ3n) is 3.83. The van der Waals surface area contributed by atoms with E-state index in [1.54, 1.807) is 0 Å². The van der Waals surface area contributed by atoms with Gasteiger partial charge in [0.15, 0.2) is 5.43 Å². The van der Waals surface area contributed by atoms with E-state index in [0.29, 0.717) is 35.3 Å². The van der Waals surface area contributed by atoms with Crippen LogP contribution in [0, 0.1) is 0 Å². The molecule has 0 aliphatic rings. The van der Waals surface area contributed by atoms with E-state index in [4.69, 9.17) is 9.15 Å². The van der Waals surface area contributed by atoms with Crippen LogP contribution in [0.3, 0.4) is 0 Å². The number of unbranched alkanes of at least 4 members (excludes halogenated alkanes) is 3. The van der Waals surface area contributed by atoms with Crippen molar-refractivity contribution in [2.45, 2.75) is 38.5 Å². The summed E-state index contributed by atoms with van der Waals surface area (Å²) < 4.78 is 15.4. The molecule has 0 aliphatic heterocycles. The predicted octanol–water partition coefficient (Wildman–Crippen LogP) is 3.17. The minimum atomic E-state index is -0.190. The summed E-state index contributed by atoms with van der Waals surface area (Å²) in [6.45, 7) is 0. The van der Waals surface area contributed by atoms with Crippen molar-refractivity contribution in [3.05, 3.63) is 34.2 Å². The minimum absolute atomic E-state index is 0.0116. The van der Waals surface area contributed by atoms with Gasteiger partial charge in [-0.15, -0.1) is 0 Å². The molecule has 130 valence electrons. The Balaban J connectivity index is 1.98. The fourth-order valence-corrected chi connectivity index (χ4v) is 2.60. The quantitative estimate of drug-likeness (QED) is 0.589. The number of phenolic OH excluding ortho intramolecular Hbond substituents is 1. The highest BCUT2D eigenvalue weighted by Crippen LogP contribution is 2.29. The number of benzene rings is 1. The molecule has 2 rings (SSSR count). The molecule has 0 atom stereocenters. The largest absolute Gasteiger partial charge is 0.508 e. The first-order valence-electron chi connectivity index (χ1n) is 7.95. The summed E-state index contributed by atoms with van der Waals surface area (Å²) in [4.78, 5) is 23.3. The fourth-order valence-electron chi connectivity index (χ4n) is 2.60. The Labute approximate surface area is 140 Å². The third kappa shape index (κ3) is 4.50. The van der Waals surface area contributed by atoms with E-state index in [2.05, 4.69) is 4.74 Å². The van der Waals surface area contributed by atoms with E-state index < -0.39 is 0 Å². The normalized spacial score (nSPS) is 10.8. The van der Waals surface area contributed by atoms with Crippen molar-refractivity contribution in [3.8, 4) is 11.5 Å². The van der Waals surface area contributed by atoms with E-state index in [9.17, 15) is 14.7 Å². The summed E-state index contributed by atoms with van der Waals surface area (Å²) in [5.74, 6) is 0.674. The second-order valence-corrected chi connectivity index (χ2v) is 5.59. The summed E-state index contributed by atoms with van der Waals surface area (Å²) in [7, 11) is 2.83. The Morgan fingerprint density at radius 3 is 2.58 bits per heavy atom. The molecule has 0 spiro atoms. The van der Waals surface area contributed by atoms with Gasteiger partial charge in [0.25, 0.3) is 0 Å². The molecule has 1 N–H and O–H groups in total. The highest BCUT2D eigenvalue weighted by molar-refractivity contribution is 5.85. The zero-order valence-electron chi connectivity index (χ0n) is 14.0. The molecule has 0 fully saturated rings. The van der Waals surface area contributed by atoms with E-state index in [1.165, 1.54) is 32.4 Å². The second-order valence-electron chi connectivity index (χ2n) is 5.59. The Morgan fingerprint density at radius 2 is 1.88 bits per heavy atom. The van der Waals surface area contributed by atoms with Gasteiger partial charge in [0, 0.05) is 31.0 Å². The SMILES string of the molecule is COC(=O)CCCCCCc1cc(=O)c2c(OC)cc(O)cc2o1. The van der Waals surface area contributed by atoms with Gasteiger partial charge in [0.2, 0.25) is 0 Å². The van der Waals surface area contributed by atoms with Gasteiger partial charge in [-0.1, -0.05) is 12.8 Å². The number of hydrogen-bond donors (Lipinski definition) is 1. The number of aryl methyl sites for hydroxylation is 1. The topological polar surface area (TPSA) is 86.0 Å². The lowest BCUT2D eigenvalue weighted by atomic mass is 10.1. The van der Waals surface area contributed by atoms with Crippen LogP contribution in [0.25, 0.3) is 11.0 Å². The molecule has 0 saturated carbocycles. The number of fused-ring (bicyclic) bond motifs is 1. The molecule has 0 aliphatic carbocycles. The van der Waals surface area contributed by atoms with E-state index in [0.717, 1.165) is 25.7 Å². The lowest BCUT2D eigenvalue weighted by Gasteiger charge is -2.07. The van der Waals surface area contributed by atoms with Gasteiger partial charge >= 0.3 is 5.97 Å². The van der Waals surface area contributed by atoms with Gasteiger partial charge in [-0.3, -0.25) is 9.59 Å². The molecule has 0 radical (unpaired) electrons. The molecule has 0 bridgehead atoms. The van der Waals surface area contributed by atoms with Gasteiger partial charge in [-0.05, 0) is 12.8 Å². The Bertz CT molecular complexity index is 762. The standard InChI is InChI=1S/C18H22O6/c1-22-15-9-12(19)10-16-18(15)14(20)11-13(24-16)7-5-3-4-6-8-17(21)23-2/h9-11,19H,3-8H2,1-2H3. The maximum absolute atomic E-state index is 12.3. The number of methoxy groups -OCH3 is 2. The average molecular weight is 334 g/mol. The number of hydrogen-bond acceptors (Lipinski definition) is 6. The van der Waals surface area contributed by atoms with Gasteiger partial charge in [0.05, 0.1) is 14.2 Å². The molecular formula is C18H22O6. The highest BCUT2D eigenvalue weighted by Gasteiger charge is 2.12. The first-order chi connectivity index (χ1) is 11.5. The third-order valence-corrected chi connectivity index (χ3v) is 3.83. The monoisotopic (exact) mass is 334 g/mol. The van der Waals surface area contributed by atoms with Gasteiger partial charge in [-0.25, -0.2) is 0 Å². The molecule has 6 nitrogen and oxygen atoms in total. The predicted molar refractivity (Wildman–Crippen MR) is 89.5 cm³/mol. The first-order valence-corrected chi connectivity index (χ1v) is 7.95. The van der Waals surface area contributed by atoms with E-state index in [-0.39, 0.29) is 17.1 Å². The number of esters is 1. The summed E-state index contributed by atoms with van der Waals surface area (Å²) in [5, 5.41) is 10.0. The molecular weight excluding hydrogens is 312 g/mol. The molecule has 24 heavy (non-hydrogen) atoms. The Hall–Kier alpha value is -2.50. The molecule has 6 heteroatoms. The van der Waals surface area contributed by atoms with Crippen LogP contribution in [-0.4, -0.2) is 25.3 Å². The number of carbonyl (C=O) groups excluding carboxylic acids is 1. The first kappa shape index (κ1) is 17.8. The second kappa shape index (κ2) is 8.38. The maximum atomic E-state index is 12.3. The van der Waals surface area contributed by atoms with Crippen molar-refractivity contribution >= 4 is 16.9 Å². The van der Waals surface area contributed by atoms with Crippen LogP contribution < -0.4 is 10.2 Å². The Morgan fingerprint density at radius 1 is 1.12 bits per heavy atom. The molecule has 0 unspecified atom stereocenters. The van der Waals surface area contributed by atoms with Crippen LogP contribution in [0.5, 0.6) is 11.5 Å². The fraction of sp³-hybridized carbons (Fsp3) is 0.444. The lowest BCUT2D eigenvalue weighted by Crippen LogP contribution is -2.04. The zero-order chi connectivity index (χ0) is 17.5. The number of aromatic hydroxyl groups is 1. The van der Waals surface area contributed by atoms with Gasteiger partial charge in [0.1, 0.15) is 28.2 Å². The summed E-state index contributed by atoms with van der Waals surface area (Å²) in [5.41, 5.74) is 0.133. The van der Waals surface area contributed by atoms with Crippen LogP contribution in [0.4, 0.5) is 0 Å². The van der Waals surface area contributed by atoms with E-state index in [1.807, 2.05) is 0 Å². The summed E-state index contributed by atoms with van der Waals surface area (Å²) in [6.07, 6.45) is 4.55. The number of ether oxygens (including phenoxy) is 2. The number of phenols is 1.